The van der Waals surface area contributed by atoms with E-state index in [0.717, 1.165) is 18.4 Å². The molecule has 1 aliphatic carbocycles. The second kappa shape index (κ2) is 5.76. The molecule has 1 fully saturated rings. The maximum atomic E-state index is 11.8. The Hall–Kier alpha value is -1.71. The molecule has 1 aromatic carbocycles. The molecule has 0 aliphatic heterocycles. The summed E-state index contributed by atoms with van der Waals surface area (Å²) in [6.45, 7) is 0.482. The molecule has 0 aromatic heterocycles. The first-order valence-corrected chi connectivity index (χ1v) is 6.24. The summed E-state index contributed by atoms with van der Waals surface area (Å²) in [7, 11) is 3.21. The fourth-order valence-corrected chi connectivity index (χ4v) is 2.09. The Bertz CT molecular complexity index is 427. The van der Waals surface area contributed by atoms with Crippen molar-refractivity contribution in [1.29, 1.82) is 0 Å². The average molecular weight is 249 g/mol. The maximum absolute atomic E-state index is 11.8. The predicted molar refractivity (Wildman–Crippen MR) is 68.7 cm³/mol. The zero-order valence-corrected chi connectivity index (χ0v) is 10.9. The highest BCUT2D eigenvalue weighted by Crippen LogP contribution is 2.31. The molecule has 4 heteroatoms. The number of ether oxygens (including phenoxy) is 2. The van der Waals surface area contributed by atoms with Crippen LogP contribution in [-0.4, -0.2) is 20.1 Å². The molecule has 0 heterocycles. The topological polar surface area (TPSA) is 47.6 Å². The van der Waals surface area contributed by atoms with E-state index in [4.69, 9.17) is 9.47 Å². The molecule has 1 aliphatic rings. The van der Waals surface area contributed by atoms with Crippen molar-refractivity contribution in [3.63, 3.8) is 0 Å². The number of rotatable bonds is 5. The van der Waals surface area contributed by atoms with E-state index in [-0.39, 0.29) is 11.8 Å². The molecule has 1 N–H and O–H groups in total. The summed E-state index contributed by atoms with van der Waals surface area (Å²) in [5.74, 6) is 1.73. The lowest BCUT2D eigenvalue weighted by atomic mass is 9.85. The van der Waals surface area contributed by atoms with Crippen LogP contribution in [-0.2, 0) is 11.3 Å². The molecule has 1 aromatic rings. The highest BCUT2D eigenvalue weighted by molar-refractivity contribution is 5.79. The Labute approximate surface area is 107 Å². The number of amides is 1. The second-order valence-electron chi connectivity index (χ2n) is 4.50. The number of hydrogen-bond acceptors (Lipinski definition) is 3. The summed E-state index contributed by atoms with van der Waals surface area (Å²) < 4.78 is 10.5. The van der Waals surface area contributed by atoms with Crippen LogP contribution in [0.2, 0.25) is 0 Å². The number of carbonyl (C=O) groups is 1. The van der Waals surface area contributed by atoms with Gasteiger partial charge in [-0.25, -0.2) is 0 Å². The second-order valence-corrected chi connectivity index (χ2v) is 4.50. The normalized spacial score (nSPS) is 14.8. The minimum absolute atomic E-state index is 0.145. The third-order valence-corrected chi connectivity index (χ3v) is 3.41. The SMILES string of the molecule is COc1cccc(CNC(=O)C2CCC2)c1OC. The van der Waals surface area contributed by atoms with E-state index < -0.39 is 0 Å². The van der Waals surface area contributed by atoms with E-state index in [9.17, 15) is 4.79 Å². The largest absolute Gasteiger partial charge is 0.493 e. The summed E-state index contributed by atoms with van der Waals surface area (Å²) in [6, 6.07) is 5.67. The van der Waals surface area contributed by atoms with Gasteiger partial charge in [0.15, 0.2) is 11.5 Å². The van der Waals surface area contributed by atoms with E-state index in [0.29, 0.717) is 18.0 Å². The number of para-hydroxylation sites is 1. The van der Waals surface area contributed by atoms with Gasteiger partial charge in [-0.05, 0) is 18.9 Å². The molecule has 0 saturated heterocycles. The molecule has 4 nitrogen and oxygen atoms in total. The van der Waals surface area contributed by atoms with Crippen molar-refractivity contribution in [2.75, 3.05) is 14.2 Å². The van der Waals surface area contributed by atoms with E-state index in [1.54, 1.807) is 14.2 Å². The van der Waals surface area contributed by atoms with E-state index in [1.165, 1.54) is 6.42 Å². The van der Waals surface area contributed by atoms with Crippen LogP contribution in [0.25, 0.3) is 0 Å². The van der Waals surface area contributed by atoms with Crippen LogP contribution in [0.3, 0.4) is 0 Å². The van der Waals surface area contributed by atoms with Crippen LogP contribution in [0.5, 0.6) is 11.5 Å². The molecule has 0 unspecified atom stereocenters. The highest BCUT2D eigenvalue weighted by atomic mass is 16.5. The van der Waals surface area contributed by atoms with Gasteiger partial charge in [-0.3, -0.25) is 4.79 Å². The number of benzene rings is 1. The van der Waals surface area contributed by atoms with Crippen molar-refractivity contribution in [3.05, 3.63) is 23.8 Å². The van der Waals surface area contributed by atoms with Gasteiger partial charge in [0.2, 0.25) is 5.91 Å². The molecular weight excluding hydrogens is 230 g/mol. The van der Waals surface area contributed by atoms with Crippen LogP contribution in [0.15, 0.2) is 18.2 Å². The van der Waals surface area contributed by atoms with E-state index in [2.05, 4.69) is 5.32 Å². The lowest BCUT2D eigenvalue weighted by molar-refractivity contribution is -0.127. The van der Waals surface area contributed by atoms with Crippen molar-refractivity contribution in [2.24, 2.45) is 5.92 Å². The first-order valence-electron chi connectivity index (χ1n) is 6.24. The standard InChI is InChI=1S/C14H19NO3/c1-17-12-8-4-7-11(13(12)18-2)9-15-14(16)10-5-3-6-10/h4,7-8,10H,3,5-6,9H2,1-2H3,(H,15,16). The molecule has 98 valence electrons. The monoisotopic (exact) mass is 249 g/mol. The van der Waals surface area contributed by atoms with Crippen LogP contribution in [0, 0.1) is 5.92 Å². The van der Waals surface area contributed by atoms with Gasteiger partial charge in [0.05, 0.1) is 14.2 Å². The van der Waals surface area contributed by atoms with Crippen molar-refractivity contribution in [3.8, 4) is 11.5 Å². The van der Waals surface area contributed by atoms with Crippen LogP contribution in [0.4, 0.5) is 0 Å². The molecule has 0 atom stereocenters. The summed E-state index contributed by atoms with van der Waals surface area (Å²) in [5.41, 5.74) is 0.935. The summed E-state index contributed by atoms with van der Waals surface area (Å²) in [4.78, 5) is 11.8. The first kappa shape index (κ1) is 12.7. The number of carbonyl (C=O) groups excluding carboxylic acids is 1. The lowest BCUT2D eigenvalue weighted by Gasteiger charge is -2.24. The lowest BCUT2D eigenvalue weighted by Crippen LogP contribution is -2.34. The van der Waals surface area contributed by atoms with Gasteiger partial charge < -0.3 is 14.8 Å². The van der Waals surface area contributed by atoms with Crippen molar-refractivity contribution < 1.29 is 14.3 Å². The zero-order valence-electron chi connectivity index (χ0n) is 10.9. The van der Waals surface area contributed by atoms with E-state index >= 15 is 0 Å². The number of nitrogens with one attached hydrogen (secondary N) is 1. The Balaban J connectivity index is 2.01. The van der Waals surface area contributed by atoms with E-state index in [1.807, 2.05) is 18.2 Å². The first-order chi connectivity index (χ1) is 8.76. The zero-order chi connectivity index (χ0) is 13.0. The van der Waals surface area contributed by atoms with Gasteiger partial charge in [-0.1, -0.05) is 18.6 Å². The van der Waals surface area contributed by atoms with Gasteiger partial charge in [0, 0.05) is 18.0 Å². The summed E-state index contributed by atoms with van der Waals surface area (Å²) >= 11 is 0. The molecule has 18 heavy (non-hydrogen) atoms. The number of methoxy groups -OCH3 is 2. The van der Waals surface area contributed by atoms with Gasteiger partial charge in [-0.2, -0.15) is 0 Å². The molecule has 1 saturated carbocycles. The maximum Gasteiger partial charge on any atom is 0.223 e. The van der Waals surface area contributed by atoms with Crippen molar-refractivity contribution in [1.82, 2.24) is 5.32 Å². The molecular formula is C14H19NO3. The smallest absolute Gasteiger partial charge is 0.223 e. The Morgan fingerprint density at radius 2 is 2.11 bits per heavy atom. The number of hydrogen-bond donors (Lipinski definition) is 1. The van der Waals surface area contributed by atoms with Gasteiger partial charge in [0.1, 0.15) is 0 Å². The molecule has 0 bridgehead atoms. The fraction of sp³-hybridized carbons (Fsp3) is 0.500. The summed E-state index contributed by atoms with van der Waals surface area (Å²) in [6.07, 6.45) is 3.20. The Morgan fingerprint density at radius 1 is 1.33 bits per heavy atom. The average Bonchev–Trinajstić information content (AvgIpc) is 2.33. The van der Waals surface area contributed by atoms with Crippen molar-refractivity contribution in [2.45, 2.75) is 25.8 Å². The fourth-order valence-electron chi connectivity index (χ4n) is 2.09. The molecule has 0 spiro atoms. The minimum Gasteiger partial charge on any atom is -0.493 e. The Kier molecular flexibility index (Phi) is 4.07. The predicted octanol–water partition coefficient (Wildman–Crippen LogP) is 2.12. The quantitative estimate of drug-likeness (QED) is 0.869. The third kappa shape index (κ3) is 2.58. The van der Waals surface area contributed by atoms with Gasteiger partial charge in [0.25, 0.3) is 0 Å². The molecule has 1 amide bonds. The highest BCUT2D eigenvalue weighted by Gasteiger charge is 2.25. The molecule has 2 rings (SSSR count). The minimum atomic E-state index is 0.145. The van der Waals surface area contributed by atoms with Crippen LogP contribution in [0.1, 0.15) is 24.8 Å². The van der Waals surface area contributed by atoms with Gasteiger partial charge >= 0.3 is 0 Å². The third-order valence-electron chi connectivity index (χ3n) is 3.41. The summed E-state index contributed by atoms with van der Waals surface area (Å²) in [5, 5.41) is 2.95. The molecule has 0 radical (unpaired) electrons. The van der Waals surface area contributed by atoms with Crippen LogP contribution >= 0.6 is 0 Å². The van der Waals surface area contributed by atoms with Gasteiger partial charge in [-0.15, -0.1) is 0 Å². The van der Waals surface area contributed by atoms with Crippen molar-refractivity contribution >= 4 is 5.91 Å². The van der Waals surface area contributed by atoms with Crippen LogP contribution < -0.4 is 14.8 Å². The Morgan fingerprint density at radius 3 is 2.67 bits per heavy atom.